The second kappa shape index (κ2) is 6.33. The molecule has 1 aromatic carbocycles. The van der Waals surface area contributed by atoms with Crippen molar-refractivity contribution in [1.82, 2.24) is 10.6 Å². The minimum Gasteiger partial charge on any atom is -0.466 e. The van der Waals surface area contributed by atoms with E-state index in [1.807, 2.05) is 13.8 Å². The van der Waals surface area contributed by atoms with E-state index in [9.17, 15) is 4.79 Å². The van der Waals surface area contributed by atoms with Crippen molar-refractivity contribution in [3.05, 3.63) is 58.0 Å². The molecule has 5 heteroatoms. The van der Waals surface area contributed by atoms with Gasteiger partial charge in [0, 0.05) is 19.6 Å². The van der Waals surface area contributed by atoms with Crippen LogP contribution in [0, 0.1) is 13.8 Å². The maximum Gasteiger partial charge on any atom is 0.255 e. The first kappa shape index (κ1) is 15.6. The molecule has 2 N–H and O–H groups in total. The van der Waals surface area contributed by atoms with Crippen LogP contribution in [0.3, 0.4) is 0 Å². The molecule has 1 aromatic heterocycles. The van der Waals surface area contributed by atoms with E-state index in [0.717, 1.165) is 24.4 Å². The predicted octanol–water partition coefficient (Wildman–Crippen LogP) is 2.85. The number of hydrogen-bond acceptors (Lipinski definition) is 3. The summed E-state index contributed by atoms with van der Waals surface area (Å²) in [5.74, 6) is 1.34. The lowest BCUT2D eigenvalue weighted by Crippen LogP contribution is -2.23. The Hall–Kier alpha value is -1.78. The van der Waals surface area contributed by atoms with E-state index in [1.165, 1.54) is 11.1 Å². The first-order valence-corrected chi connectivity index (χ1v) is 6.80. The third-order valence-corrected chi connectivity index (χ3v) is 3.64. The van der Waals surface area contributed by atoms with Crippen LogP contribution in [0.2, 0.25) is 0 Å². The SMILES string of the molecule is Cc1cc(C(=O)NCc2ccc3c(c2)CNC3)c(C)o1.Cl. The molecule has 1 amide bonds. The van der Waals surface area contributed by atoms with Crippen molar-refractivity contribution in [2.45, 2.75) is 33.5 Å². The summed E-state index contributed by atoms with van der Waals surface area (Å²) in [5, 5.41) is 6.26. The number of nitrogens with one attached hydrogen (secondary N) is 2. The van der Waals surface area contributed by atoms with Gasteiger partial charge in [-0.15, -0.1) is 12.4 Å². The zero-order valence-corrected chi connectivity index (χ0v) is 13.0. The highest BCUT2D eigenvalue weighted by Crippen LogP contribution is 2.17. The molecule has 1 aliphatic rings. The van der Waals surface area contributed by atoms with Crippen LogP contribution in [-0.2, 0) is 19.6 Å². The van der Waals surface area contributed by atoms with E-state index in [4.69, 9.17) is 4.42 Å². The number of benzene rings is 1. The Kier molecular flexibility index (Phi) is 4.70. The molecule has 21 heavy (non-hydrogen) atoms. The fraction of sp³-hybridized carbons (Fsp3) is 0.312. The molecule has 112 valence electrons. The first-order valence-electron chi connectivity index (χ1n) is 6.80. The summed E-state index contributed by atoms with van der Waals surface area (Å²) in [5.41, 5.74) is 4.41. The van der Waals surface area contributed by atoms with Gasteiger partial charge in [0.15, 0.2) is 0 Å². The molecular weight excluding hydrogens is 288 g/mol. The van der Waals surface area contributed by atoms with Crippen molar-refractivity contribution < 1.29 is 9.21 Å². The van der Waals surface area contributed by atoms with Gasteiger partial charge in [-0.25, -0.2) is 0 Å². The fourth-order valence-electron chi connectivity index (χ4n) is 2.59. The van der Waals surface area contributed by atoms with Crippen molar-refractivity contribution in [3.8, 4) is 0 Å². The van der Waals surface area contributed by atoms with E-state index < -0.39 is 0 Å². The van der Waals surface area contributed by atoms with Crippen LogP contribution in [0.5, 0.6) is 0 Å². The summed E-state index contributed by atoms with van der Waals surface area (Å²) in [6, 6.07) is 8.13. The van der Waals surface area contributed by atoms with Crippen LogP contribution in [-0.4, -0.2) is 5.91 Å². The minimum absolute atomic E-state index is 0. The number of carbonyl (C=O) groups excluding carboxylic acids is 1. The number of halogens is 1. The molecule has 0 saturated heterocycles. The molecule has 0 atom stereocenters. The normalized spacial score (nSPS) is 12.7. The van der Waals surface area contributed by atoms with Crippen molar-refractivity contribution in [1.29, 1.82) is 0 Å². The van der Waals surface area contributed by atoms with Gasteiger partial charge in [0.25, 0.3) is 5.91 Å². The van der Waals surface area contributed by atoms with Gasteiger partial charge >= 0.3 is 0 Å². The summed E-state index contributed by atoms with van der Waals surface area (Å²) >= 11 is 0. The summed E-state index contributed by atoms with van der Waals surface area (Å²) in [6.07, 6.45) is 0. The number of fused-ring (bicyclic) bond motifs is 1. The van der Waals surface area contributed by atoms with Crippen LogP contribution in [0.15, 0.2) is 28.7 Å². The third-order valence-electron chi connectivity index (χ3n) is 3.64. The van der Waals surface area contributed by atoms with Crippen molar-refractivity contribution in [2.24, 2.45) is 0 Å². The highest BCUT2D eigenvalue weighted by molar-refractivity contribution is 5.95. The fourth-order valence-corrected chi connectivity index (χ4v) is 2.59. The molecule has 1 aliphatic heterocycles. The first-order chi connectivity index (χ1) is 9.63. The Morgan fingerprint density at radius 2 is 2.00 bits per heavy atom. The molecule has 0 saturated carbocycles. The molecule has 0 radical (unpaired) electrons. The molecule has 2 heterocycles. The standard InChI is InChI=1S/C16H18N2O2.ClH/c1-10-5-15(11(2)20-10)16(19)18-7-12-3-4-13-8-17-9-14(13)6-12;/h3-6,17H,7-9H2,1-2H3,(H,18,19);1H. The molecule has 0 aliphatic carbocycles. The van der Waals surface area contributed by atoms with E-state index in [2.05, 4.69) is 28.8 Å². The number of rotatable bonds is 3. The zero-order valence-electron chi connectivity index (χ0n) is 12.2. The van der Waals surface area contributed by atoms with Crippen LogP contribution >= 0.6 is 12.4 Å². The number of furan rings is 1. The molecule has 0 fully saturated rings. The van der Waals surface area contributed by atoms with E-state index in [-0.39, 0.29) is 18.3 Å². The Morgan fingerprint density at radius 1 is 1.24 bits per heavy atom. The monoisotopic (exact) mass is 306 g/mol. The molecular formula is C16H19ClN2O2. The van der Waals surface area contributed by atoms with Gasteiger partial charge < -0.3 is 15.1 Å². The number of carbonyl (C=O) groups is 1. The zero-order chi connectivity index (χ0) is 14.1. The molecule has 3 rings (SSSR count). The predicted molar refractivity (Wildman–Crippen MR) is 83.6 cm³/mol. The van der Waals surface area contributed by atoms with Crippen molar-refractivity contribution in [3.63, 3.8) is 0 Å². The average molecular weight is 307 g/mol. The average Bonchev–Trinajstić information content (AvgIpc) is 3.01. The third kappa shape index (κ3) is 3.28. The summed E-state index contributed by atoms with van der Waals surface area (Å²) in [4.78, 5) is 12.1. The largest absolute Gasteiger partial charge is 0.466 e. The lowest BCUT2D eigenvalue weighted by molar-refractivity contribution is 0.0949. The van der Waals surface area contributed by atoms with Gasteiger partial charge in [-0.2, -0.15) is 0 Å². The van der Waals surface area contributed by atoms with Gasteiger partial charge in [0.1, 0.15) is 11.5 Å². The lowest BCUT2D eigenvalue weighted by atomic mass is 10.1. The summed E-state index contributed by atoms with van der Waals surface area (Å²) < 4.78 is 5.38. The summed E-state index contributed by atoms with van der Waals surface area (Å²) in [7, 11) is 0. The van der Waals surface area contributed by atoms with Gasteiger partial charge in [-0.1, -0.05) is 18.2 Å². The molecule has 2 aromatic rings. The van der Waals surface area contributed by atoms with E-state index in [0.29, 0.717) is 17.9 Å². The van der Waals surface area contributed by atoms with Crippen molar-refractivity contribution in [2.75, 3.05) is 0 Å². The molecule has 4 nitrogen and oxygen atoms in total. The Labute approximate surface area is 130 Å². The van der Waals surface area contributed by atoms with E-state index >= 15 is 0 Å². The number of aryl methyl sites for hydroxylation is 2. The quantitative estimate of drug-likeness (QED) is 0.917. The highest BCUT2D eigenvalue weighted by Gasteiger charge is 2.14. The highest BCUT2D eigenvalue weighted by atomic mass is 35.5. The van der Waals surface area contributed by atoms with Crippen LogP contribution in [0.1, 0.15) is 38.6 Å². The Balaban J connectivity index is 0.00000161. The number of hydrogen-bond donors (Lipinski definition) is 2. The van der Waals surface area contributed by atoms with Crippen LogP contribution < -0.4 is 10.6 Å². The maximum atomic E-state index is 12.1. The van der Waals surface area contributed by atoms with Gasteiger partial charge in [-0.3, -0.25) is 4.79 Å². The number of amides is 1. The second-order valence-electron chi connectivity index (χ2n) is 5.22. The summed E-state index contributed by atoms with van der Waals surface area (Å²) in [6.45, 7) is 6.04. The topological polar surface area (TPSA) is 54.3 Å². The van der Waals surface area contributed by atoms with Crippen LogP contribution in [0.25, 0.3) is 0 Å². The van der Waals surface area contributed by atoms with Gasteiger partial charge in [0.05, 0.1) is 5.56 Å². The Bertz CT molecular complexity index is 664. The molecule has 0 unspecified atom stereocenters. The lowest BCUT2D eigenvalue weighted by Gasteiger charge is -2.06. The smallest absolute Gasteiger partial charge is 0.255 e. The van der Waals surface area contributed by atoms with Gasteiger partial charge in [0.2, 0.25) is 0 Å². The van der Waals surface area contributed by atoms with Crippen LogP contribution in [0.4, 0.5) is 0 Å². The molecule has 0 spiro atoms. The maximum absolute atomic E-state index is 12.1. The Morgan fingerprint density at radius 3 is 2.71 bits per heavy atom. The van der Waals surface area contributed by atoms with E-state index in [1.54, 1.807) is 6.07 Å². The van der Waals surface area contributed by atoms with Crippen molar-refractivity contribution >= 4 is 18.3 Å². The second-order valence-corrected chi connectivity index (χ2v) is 5.22. The molecule has 0 bridgehead atoms. The minimum atomic E-state index is -0.0852. The van der Waals surface area contributed by atoms with Gasteiger partial charge in [-0.05, 0) is 36.6 Å².